The molecule has 1 fully saturated rings. The highest BCUT2D eigenvalue weighted by atomic mass is 16.5. The van der Waals surface area contributed by atoms with Crippen LogP contribution in [0, 0.1) is 5.92 Å². The fraction of sp³-hybridized carbons (Fsp3) is 0.500. The number of para-hydroxylation sites is 1. The highest BCUT2D eigenvalue weighted by Gasteiger charge is 2.22. The van der Waals surface area contributed by atoms with E-state index in [9.17, 15) is 0 Å². The van der Waals surface area contributed by atoms with E-state index in [1.807, 2.05) is 12.1 Å². The summed E-state index contributed by atoms with van der Waals surface area (Å²) >= 11 is 0. The summed E-state index contributed by atoms with van der Waals surface area (Å²) in [6.45, 7) is 4.89. The van der Waals surface area contributed by atoms with Gasteiger partial charge in [0.25, 0.3) is 0 Å². The van der Waals surface area contributed by atoms with Gasteiger partial charge in [-0.25, -0.2) is 9.97 Å². The van der Waals surface area contributed by atoms with Crippen LogP contribution in [0.1, 0.15) is 38.4 Å². The molecule has 0 bridgehead atoms. The molecule has 1 aliphatic rings. The van der Waals surface area contributed by atoms with Crippen LogP contribution in [0.3, 0.4) is 0 Å². The van der Waals surface area contributed by atoms with E-state index in [1.54, 1.807) is 0 Å². The maximum Gasteiger partial charge on any atom is 0.152 e. The summed E-state index contributed by atoms with van der Waals surface area (Å²) in [4.78, 5) is 9.47. The zero-order valence-electron chi connectivity index (χ0n) is 14.9. The van der Waals surface area contributed by atoms with Gasteiger partial charge < -0.3 is 15.0 Å². The summed E-state index contributed by atoms with van der Waals surface area (Å²) in [6.07, 6.45) is 5.70. The third-order valence-electron chi connectivity index (χ3n) is 5.16. The maximum atomic E-state index is 6.26. The Morgan fingerprint density at radius 2 is 2.12 bits per heavy atom. The van der Waals surface area contributed by atoms with Gasteiger partial charge in [0, 0.05) is 30.9 Å². The number of nitrogen functional groups attached to an aromatic ring is 1. The number of nitrogens with two attached hydrogens (primary N) is 1. The number of hydrogen-bond acceptors (Lipinski definition) is 4. The Hall–Kier alpha value is -2.14. The Labute approximate surface area is 148 Å². The topological polar surface area (TPSA) is 66.0 Å². The summed E-state index contributed by atoms with van der Waals surface area (Å²) in [5.74, 6) is 2.22. The number of rotatable bonds is 6. The Morgan fingerprint density at radius 3 is 2.92 bits per heavy atom. The van der Waals surface area contributed by atoms with E-state index >= 15 is 0 Å². The second kappa shape index (κ2) is 7.00. The largest absolute Gasteiger partial charge is 0.382 e. The van der Waals surface area contributed by atoms with Crippen LogP contribution in [0.15, 0.2) is 24.3 Å². The number of hydrogen-bond donors (Lipinski definition) is 1. The molecule has 1 saturated heterocycles. The van der Waals surface area contributed by atoms with Gasteiger partial charge in [-0.2, -0.15) is 0 Å². The van der Waals surface area contributed by atoms with Crippen molar-refractivity contribution >= 4 is 27.8 Å². The number of ether oxygens (including phenoxy) is 1. The van der Waals surface area contributed by atoms with Gasteiger partial charge in [-0.3, -0.25) is 0 Å². The minimum atomic E-state index is 0.534. The van der Waals surface area contributed by atoms with Crippen LogP contribution in [0.25, 0.3) is 21.9 Å². The molecular formula is C20H26N4O. The van der Waals surface area contributed by atoms with Crippen LogP contribution in [-0.2, 0) is 17.7 Å². The number of pyridine rings is 1. The van der Waals surface area contributed by atoms with Crippen molar-refractivity contribution in [1.82, 2.24) is 14.5 Å². The highest BCUT2D eigenvalue weighted by molar-refractivity contribution is 6.06. The van der Waals surface area contributed by atoms with E-state index in [0.717, 1.165) is 66.8 Å². The predicted octanol–water partition coefficient (Wildman–Crippen LogP) is 3.94. The lowest BCUT2D eigenvalue weighted by molar-refractivity contribution is 0.182. The Balaban J connectivity index is 1.86. The standard InChI is InChI=1S/C20H26N4O/c1-2-3-4-9-17-23-18-19(24(17)12-14-10-11-25-13-14)15-7-5-6-8-16(15)22-20(18)21/h5-8,14H,2-4,9-13H2,1H3,(H2,21,22). The molecule has 3 heterocycles. The van der Waals surface area contributed by atoms with Crippen molar-refractivity contribution in [2.24, 2.45) is 5.92 Å². The Morgan fingerprint density at radius 1 is 1.24 bits per heavy atom. The third-order valence-corrected chi connectivity index (χ3v) is 5.16. The lowest BCUT2D eigenvalue weighted by Crippen LogP contribution is -2.13. The normalized spacial score (nSPS) is 17.7. The summed E-state index contributed by atoms with van der Waals surface area (Å²) in [6, 6.07) is 8.22. The molecule has 5 nitrogen and oxygen atoms in total. The molecular weight excluding hydrogens is 312 g/mol. The zero-order chi connectivity index (χ0) is 17.2. The maximum absolute atomic E-state index is 6.26. The molecule has 1 aromatic carbocycles. The molecule has 132 valence electrons. The van der Waals surface area contributed by atoms with Gasteiger partial charge in [-0.15, -0.1) is 0 Å². The van der Waals surface area contributed by atoms with Gasteiger partial charge in [-0.1, -0.05) is 38.0 Å². The van der Waals surface area contributed by atoms with Gasteiger partial charge in [0.05, 0.1) is 17.6 Å². The van der Waals surface area contributed by atoms with Gasteiger partial charge in [0.15, 0.2) is 5.82 Å². The molecule has 0 aliphatic carbocycles. The molecule has 0 saturated carbocycles. The van der Waals surface area contributed by atoms with Crippen molar-refractivity contribution in [1.29, 1.82) is 0 Å². The number of aromatic nitrogens is 3. The van der Waals surface area contributed by atoms with E-state index in [1.165, 1.54) is 12.8 Å². The van der Waals surface area contributed by atoms with Gasteiger partial charge >= 0.3 is 0 Å². The summed E-state index contributed by atoms with van der Waals surface area (Å²) in [5, 5.41) is 1.14. The molecule has 1 unspecified atom stereocenters. The first kappa shape index (κ1) is 16.3. The Bertz CT molecular complexity index is 880. The molecule has 25 heavy (non-hydrogen) atoms. The third kappa shape index (κ3) is 3.09. The molecule has 1 aliphatic heterocycles. The molecule has 0 radical (unpaired) electrons. The fourth-order valence-corrected chi connectivity index (χ4v) is 3.81. The van der Waals surface area contributed by atoms with Crippen molar-refractivity contribution < 1.29 is 4.74 Å². The summed E-state index contributed by atoms with van der Waals surface area (Å²) < 4.78 is 7.99. The number of unbranched alkanes of at least 4 members (excludes halogenated alkanes) is 2. The van der Waals surface area contributed by atoms with Crippen LogP contribution in [0.4, 0.5) is 5.82 Å². The SMILES string of the molecule is CCCCCc1nc2c(N)nc3ccccc3c2n1CC1CCOC1. The molecule has 0 amide bonds. The molecule has 2 N–H and O–H groups in total. The summed E-state index contributed by atoms with van der Waals surface area (Å²) in [5.41, 5.74) is 9.19. The number of nitrogens with zero attached hydrogens (tertiary/aromatic N) is 3. The molecule has 2 aromatic heterocycles. The first-order chi connectivity index (χ1) is 12.3. The van der Waals surface area contributed by atoms with Crippen molar-refractivity contribution in [3.05, 3.63) is 30.1 Å². The number of imidazole rings is 1. The van der Waals surface area contributed by atoms with Crippen LogP contribution >= 0.6 is 0 Å². The average Bonchev–Trinajstić information content (AvgIpc) is 3.25. The van der Waals surface area contributed by atoms with Crippen molar-refractivity contribution in [2.75, 3.05) is 18.9 Å². The first-order valence-corrected chi connectivity index (χ1v) is 9.39. The molecule has 1 atom stereocenters. The zero-order valence-corrected chi connectivity index (χ0v) is 14.9. The van der Waals surface area contributed by atoms with E-state index in [0.29, 0.717) is 11.7 Å². The number of aryl methyl sites for hydroxylation is 1. The fourth-order valence-electron chi connectivity index (χ4n) is 3.81. The monoisotopic (exact) mass is 338 g/mol. The van der Waals surface area contributed by atoms with Gasteiger partial charge in [0.1, 0.15) is 11.3 Å². The minimum absolute atomic E-state index is 0.534. The van der Waals surface area contributed by atoms with Crippen molar-refractivity contribution in [3.8, 4) is 0 Å². The van der Waals surface area contributed by atoms with Crippen LogP contribution < -0.4 is 5.73 Å². The Kier molecular flexibility index (Phi) is 4.57. The van der Waals surface area contributed by atoms with Crippen molar-refractivity contribution in [2.45, 2.75) is 45.6 Å². The summed E-state index contributed by atoms with van der Waals surface area (Å²) in [7, 11) is 0. The van der Waals surface area contributed by atoms with E-state index in [4.69, 9.17) is 15.5 Å². The second-order valence-corrected chi connectivity index (χ2v) is 7.04. The molecule has 5 heteroatoms. The van der Waals surface area contributed by atoms with Gasteiger partial charge in [-0.05, 0) is 18.9 Å². The minimum Gasteiger partial charge on any atom is -0.382 e. The quantitative estimate of drug-likeness (QED) is 0.692. The van der Waals surface area contributed by atoms with E-state index in [-0.39, 0.29) is 0 Å². The van der Waals surface area contributed by atoms with Crippen LogP contribution in [0.2, 0.25) is 0 Å². The lowest BCUT2D eigenvalue weighted by atomic mass is 10.1. The number of benzene rings is 1. The van der Waals surface area contributed by atoms with Crippen LogP contribution in [0.5, 0.6) is 0 Å². The first-order valence-electron chi connectivity index (χ1n) is 9.39. The second-order valence-electron chi connectivity index (χ2n) is 7.04. The van der Waals surface area contributed by atoms with E-state index < -0.39 is 0 Å². The molecule has 4 rings (SSSR count). The highest BCUT2D eigenvalue weighted by Crippen LogP contribution is 2.30. The van der Waals surface area contributed by atoms with Gasteiger partial charge in [0.2, 0.25) is 0 Å². The molecule has 0 spiro atoms. The van der Waals surface area contributed by atoms with Crippen molar-refractivity contribution in [3.63, 3.8) is 0 Å². The number of anilines is 1. The lowest BCUT2D eigenvalue weighted by Gasteiger charge is -2.14. The average molecular weight is 338 g/mol. The predicted molar refractivity (Wildman–Crippen MR) is 102 cm³/mol. The number of fused-ring (bicyclic) bond motifs is 3. The smallest absolute Gasteiger partial charge is 0.152 e. The van der Waals surface area contributed by atoms with E-state index in [2.05, 4.69) is 28.6 Å². The molecule has 3 aromatic rings. The van der Waals surface area contributed by atoms with Crippen LogP contribution in [-0.4, -0.2) is 27.7 Å².